The lowest BCUT2D eigenvalue weighted by molar-refractivity contribution is -0.128. The van der Waals surface area contributed by atoms with Crippen molar-refractivity contribution in [2.45, 2.75) is 19.4 Å². The molecule has 0 saturated heterocycles. The Bertz CT molecular complexity index is 623. The number of carbonyl (C=O) groups excluding carboxylic acids is 1. The molecule has 0 heterocycles. The molecule has 2 N–H and O–H groups in total. The summed E-state index contributed by atoms with van der Waals surface area (Å²) in [6.45, 7) is 0.957. The van der Waals surface area contributed by atoms with Gasteiger partial charge in [-0.15, -0.1) is 0 Å². The van der Waals surface area contributed by atoms with Gasteiger partial charge in [-0.05, 0) is 23.3 Å². The highest BCUT2D eigenvalue weighted by atomic mass is 16.5. The Morgan fingerprint density at radius 3 is 2.67 bits per heavy atom. The lowest BCUT2D eigenvalue weighted by Crippen LogP contribution is -2.21. The molecule has 112 valence electrons. The molecule has 1 amide bonds. The Kier molecular flexibility index (Phi) is 5.17. The van der Waals surface area contributed by atoms with Crippen LogP contribution in [0.1, 0.15) is 18.4 Å². The van der Waals surface area contributed by atoms with Crippen molar-refractivity contribution in [2.24, 2.45) is 5.73 Å². The predicted octanol–water partition coefficient (Wildman–Crippen LogP) is 2.55. The monoisotopic (exact) mass is 286 g/mol. The highest BCUT2D eigenvalue weighted by Crippen LogP contribution is 2.27. The summed E-state index contributed by atoms with van der Waals surface area (Å²) in [7, 11) is 3.53. The molecule has 2 rings (SSSR count). The Hall–Kier alpha value is -2.07. The molecule has 0 radical (unpaired) electrons. The molecule has 4 nitrogen and oxygen atoms in total. The molecule has 0 aromatic heterocycles. The summed E-state index contributed by atoms with van der Waals surface area (Å²) in [5.74, 6) is 0.935. The van der Waals surface area contributed by atoms with Gasteiger partial charge in [0.2, 0.25) is 5.91 Å². The second-order valence-corrected chi connectivity index (χ2v) is 5.21. The van der Waals surface area contributed by atoms with E-state index in [4.69, 9.17) is 10.5 Å². The van der Waals surface area contributed by atoms with E-state index in [2.05, 4.69) is 12.1 Å². The predicted molar refractivity (Wildman–Crippen MR) is 85.3 cm³/mol. The van der Waals surface area contributed by atoms with E-state index in [0.29, 0.717) is 26.0 Å². The molecule has 0 aliphatic carbocycles. The second-order valence-electron chi connectivity index (χ2n) is 5.21. The van der Waals surface area contributed by atoms with Crippen LogP contribution in [0.2, 0.25) is 0 Å². The summed E-state index contributed by atoms with van der Waals surface area (Å²) in [5.41, 5.74) is 6.89. The van der Waals surface area contributed by atoms with Gasteiger partial charge in [0.05, 0.1) is 6.61 Å². The Morgan fingerprint density at radius 1 is 1.19 bits per heavy atom. The van der Waals surface area contributed by atoms with Gasteiger partial charge in [-0.25, -0.2) is 0 Å². The van der Waals surface area contributed by atoms with Crippen LogP contribution in [0.4, 0.5) is 0 Å². The average Bonchev–Trinajstić information content (AvgIpc) is 2.50. The fraction of sp³-hybridized carbons (Fsp3) is 0.353. The number of hydrogen-bond donors (Lipinski definition) is 1. The first-order chi connectivity index (χ1) is 10.1. The van der Waals surface area contributed by atoms with Crippen molar-refractivity contribution in [2.75, 3.05) is 20.7 Å². The van der Waals surface area contributed by atoms with Gasteiger partial charge in [0.15, 0.2) is 0 Å². The molecule has 0 bridgehead atoms. The van der Waals surface area contributed by atoms with Crippen LogP contribution in [-0.4, -0.2) is 31.5 Å². The van der Waals surface area contributed by atoms with E-state index in [1.165, 1.54) is 0 Å². The molecule has 0 atom stereocenters. The zero-order valence-electron chi connectivity index (χ0n) is 12.6. The maximum absolute atomic E-state index is 11.5. The second kappa shape index (κ2) is 7.09. The van der Waals surface area contributed by atoms with Crippen LogP contribution in [0.15, 0.2) is 36.4 Å². The summed E-state index contributed by atoms with van der Waals surface area (Å²) in [4.78, 5) is 13.1. The molecule has 0 saturated carbocycles. The summed E-state index contributed by atoms with van der Waals surface area (Å²) in [5, 5.41) is 2.29. The summed E-state index contributed by atoms with van der Waals surface area (Å²) in [6.07, 6.45) is 1.20. The van der Waals surface area contributed by atoms with Crippen LogP contribution < -0.4 is 10.5 Å². The Balaban J connectivity index is 2.03. The van der Waals surface area contributed by atoms with E-state index in [0.717, 1.165) is 22.1 Å². The van der Waals surface area contributed by atoms with Crippen molar-refractivity contribution in [3.05, 3.63) is 42.0 Å². The van der Waals surface area contributed by atoms with Gasteiger partial charge in [0.1, 0.15) is 5.75 Å². The number of amides is 1. The standard InChI is InChI=1S/C17H22N2O2/c1-19(2)17(20)8-5-11-21-16-10-9-13-6-3-4-7-14(13)15(16)12-18/h3-4,6-7,9-10H,5,8,11-12,18H2,1-2H3. The first kappa shape index (κ1) is 15.3. The van der Waals surface area contributed by atoms with E-state index >= 15 is 0 Å². The van der Waals surface area contributed by atoms with Gasteiger partial charge < -0.3 is 15.4 Å². The first-order valence-electron chi connectivity index (χ1n) is 7.17. The number of rotatable bonds is 6. The third-order valence-electron chi connectivity index (χ3n) is 3.49. The van der Waals surface area contributed by atoms with Gasteiger partial charge in [0, 0.05) is 32.6 Å². The normalized spacial score (nSPS) is 10.6. The van der Waals surface area contributed by atoms with Crippen molar-refractivity contribution < 1.29 is 9.53 Å². The average molecular weight is 286 g/mol. The summed E-state index contributed by atoms with van der Waals surface area (Å²) < 4.78 is 5.82. The molecule has 0 aliphatic rings. The van der Waals surface area contributed by atoms with Gasteiger partial charge in [-0.1, -0.05) is 30.3 Å². The molecule has 0 fully saturated rings. The Morgan fingerprint density at radius 2 is 1.95 bits per heavy atom. The fourth-order valence-corrected chi connectivity index (χ4v) is 2.29. The zero-order valence-corrected chi connectivity index (χ0v) is 12.6. The smallest absolute Gasteiger partial charge is 0.222 e. The van der Waals surface area contributed by atoms with E-state index in [1.807, 2.05) is 24.3 Å². The molecule has 0 unspecified atom stereocenters. The number of hydrogen-bond acceptors (Lipinski definition) is 3. The van der Waals surface area contributed by atoms with Gasteiger partial charge in [-0.3, -0.25) is 4.79 Å². The van der Waals surface area contributed by atoms with Crippen molar-refractivity contribution in [3.8, 4) is 5.75 Å². The van der Waals surface area contributed by atoms with Crippen LogP contribution in [0.5, 0.6) is 5.75 Å². The van der Waals surface area contributed by atoms with Crippen molar-refractivity contribution >= 4 is 16.7 Å². The van der Waals surface area contributed by atoms with Crippen molar-refractivity contribution in [1.29, 1.82) is 0 Å². The van der Waals surface area contributed by atoms with Crippen LogP contribution in [0, 0.1) is 0 Å². The van der Waals surface area contributed by atoms with E-state index < -0.39 is 0 Å². The van der Waals surface area contributed by atoms with E-state index in [-0.39, 0.29) is 5.91 Å². The zero-order chi connectivity index (χ0) is 15.2. The van der Waals surface area contributed by atoms with Crippen molar-refractivity contribution in [3.63, 3.8) is 0 Å². The number of carbonyl (C=O) groups is 1. The maximum Gasteiger partial charge on any atom is 0.222 e. The lowest BCUT2D eigenvalue weighted by atomic mass is 10.0. The lowest BCUT2D eigenvalue weighted by Gasteiger charge is -2.14. The summed E-state index contributed by atoms with van der Waals surface area (Å²) >= 11 is 0. The topological polar surface area (TPSA) is 55.6 Å². The third kappa shape index (κ3) is 3.73. The van der Waals surface area contributed by atoms with E-state index in [9.17, 15) is 4.79 Å². The molecule has 21 heavy (non-hydrogen) atoms. The quantitative estimate of drug-likeness (QED) is 0.830. The molecular formula is C17H22N2O2. The largest absolute Gasteiger partial charge is 0.493 e. The Labute approximate surface area is 125 Å². The van der Waals surface area contributed by atoms with Gasteiger partial charge in [-0.2, -0.15) is 0 Å². The molecular weight excluding hydrogens is 264 g/mol. The number of nitrogens with two attached hydrogens (primary N) is 1. The van der Waals surface area contributed by atoms with Crippen LogP contribution in [0.3, 0.4) is 0 Å². The number of nitrogens with zero attached hydrogens (tertiary/aromatic N) is 1. The van der Waals surface area contributed by atoms with Gasteiger partial charge >= 0.3 is 0 Å². The number of benzene rings is 2. The van der Waals surface area contributed by atoms with E-state index in [1.54, 1.807) is 19.0 Å². The SMILES string of the molecule is CN(C)C(=O)CCCOc1ccc2ccccc2c1CN. The van der Waals surface area contributed by atoms with Crippen LogP contribution in [0.25, 0.3) is 10.8 Å². The molecule has 4 heteroatoms. The van der Waals surface area contributed by atoms with Crippen LogP contribution in [-0.2, 0) is 11.3 Å². The highest BCUT2D eigenvalue weighted by molar-refractivity contribution is 5.87. The number of fused-ring (bicyclic) bond motifs is 1. The fourth-order valence-electron chi connectivity index (χ4n) is 2.29. The molecule has 2 aromatic carbocycles. The minimum atomic E-state index is 0.121. The van der Waals surface area contributed by atoms with Crippen molar-refractivity contribution in [1.82, 2.24) is 4.90 Å². The molecule has 0 spiro atoms. The summed E-state index contributed by atoms with van der Waals surface area (Å²) in [6, 6.07) is 12.1. The maximum atomic E-state index is 11.5. The van der Waals surface area contributed by atoms with Gasteiger partial charge in [0.25, 0.3) is 0 Å². The van der Waals surface area contributed by atoms with Crippen LogP contribution >= 0.6 is 0 Å². The highest BCUT2D eigenvalue weighted by Gasteiger charge is 2.08. The first-order valence-corrected chi connectivity index (χ1v) is 7.17. The minimum absolute atomic E-state index is 0.121. The minimum Gasteiger partial charge on any atom is -0.493 e. The number of ether oxygens (including phenoxy) is 1. The molecule has 2 aromatic rings. The molecule has 0 aliphatic heterocycles. The third-order valence-corrected chi connectivity index (χ3v) is 3.49.